The second kappa shape index (κ2) is 7.09. The van der Waals surface area contributed by atoms with Crippen LogP contribution in [0.15, 0.2) is 0 Å². The molecule has 19 heavy (non-hydrogen) atoms. The molecule has 0 heterocycles. The molecule has 0 saturated heterocycles. The van der Waals surface area contributed by atoms with Crippen molar-refractivity contribution in [3.8, 4) is 0 Å². The van der Waals surface area contributed by atoms with Gasteiger partial charge in [-0.3, -0.25) is 5.32 Å². The third-order valence-corrected chi connectivity index (χ3v) is 3.49. The van der Waals surface area contributed by atoms with Gasteiger partial charge in [-0.25, -0.2) is 0 Å². The molecular weight excluding hydrogens is 464 g/mol. The van der Waals surface area contributed by atoms with E-state index in [2.05, 4.69) is 106 Å². The molecule has 2 nitrogen and oxygen atoms in total. The summed E-state index contributed by atoms with van der Waals surface area (Å²) < 4.78 is 6.09. The molecule has 0 aliphatic rings. The number of halogens is 2. The second-order valence-electron chi connectivity index (χ2n) is 8.15. The van der Waals surface area contributed by atoms with Crippen LogP contribution in [0.2, 0.25) is 0 Å². The Bertz CT molecular complexity index is 247. The Kier molecular flexibility index (Phi) is 7.61. The van der Waals surface area contributed by atoms with Gasteiger partial charge in [0.2, 0.25) is 0 Å². The zero-order chi connectivity index (χ0) is 15.5. The molecule has 1 N–H and O–H groups in total. The zero-order valence-electron chi connectivity index (χ0n) is 13.8. The molecule has 0 saturated carbocycles. The molecule has 0 atom stereocenters. The fourth-order valence-electron chi connectivity index (χ4n) is 2.22. The van der Waals surface area contributed by atoms with Gasteiger partial charge in [-0.2, -0.15) is 0 Å². The van der Waals surface area contributed by atoms with E-state index < -0.39 is 0 Å². The van der Waals surface area contributed by atoms with E-state index >= 15 is 0 Å². The van der Waals surface area contributed by atoms with Gasteiger partial charge in [0, 0.05) is 6.54 Å². The summed E-state index contributed by atoms with van der Waals surface area (Å²) >= 11 is 4.86. The van der Waals surface area contributed by atoms with Gasteiger partial charge < -0.3 is 4.74 Å². The molecule has 0 aliphatic heterocycles. The molecule has 0 radical (unpaired) electrons. The first-order chi connectivity index (χ1) is 8.12. The van der Waals surface area contributed by atoms with E-state index in [9.17, 15) is 0 Å². The van der Waals surface area contributed by atoms with Crippen LogP contribution in [0.1, 0.15) is 61.8 Å². The first kappa shape index (κ1) is 20.4. The highest BCUT2D eigenvalue weighted by Crippen LogP contribution is 2.35. The molecule has 0 spiro atoms. The molecule has 0 unspecified atom stereocenters. The summed E-state index contributed by atoms with van der Waals surface area (Å²) in [7, 11) is 0. The number of nitrogens with one attached hydrogen (secondary N) is 1. The van der Waals surface area contributed by atoms with Crippen molar-refractivity contribution in [2.24, 2.45) is 10.8 Å². The van der Waals surface area contributed by atoms with Crippen LogP contribution < -0.4 is 5.32 Å². The van der Waals surface area contributed by atoms with Crippen molar-refractivity contribution in [2.45, 2.75) is 69.0 Å². The monoisotopic (exact) mass is 495 g/mol. The van der Waals surface area contributed by atoms with Gasteiger partial charge in [-0.1, -0.05) is 27.7 Å². The maximum absolute atomic E-state index is 5.96. The normalized spacial score (nSPS) is 14.8. The molecule has 0 aromatic rings. The van der Waals surface area contributed by atoms with Crippen molar-refractivity contribution in [1.29, 1.82) is 0 Å². The summed E-state index contributed by atoms with van der Waals surface area (Å²) in [6.45, 7) is 19.6. The molecule has 0 aromatic carbocycles. The van der Waals surface area contributed by atoms with Crippen LogP contribution in [-0.4, -0.2) is 20.3 Å². The van der Waals surface area contributed by atoms with Crippen LogP contribution in [0, 0.1) is 10.8 Å². The van der Waals surface area contributed by atoms with Crippen LogP contribution >= 0.6 is 45.2 Å². The van der Waals surface area contributed by atoms with Crippen molar-refractivity contribution >= 4 is 45.2 Å². The number of ether oxygens (including phenoxy) is 1. The minimum atomic E-state index is -0.0529. The molecular formula is C15H31I2NO. The minimum absolute atomic E-state index is 0.0529. The fraction of sp³-hybridized carbons (Fsp3) is 1.00. The van der Waals surface area contributed by atoms with Gasteiger partial charge >= 0.3 is 0 Å². The summed E-state index contributed by atoms with van der Waals surface area (Å²) in [5.41, 5.74) is 0.413. The highest BCUT2D eigenvalue weighted by Gasteiger charge is 2.31. The van der Waals surface area contributed by atoms with Gasteiger partial charge in [0.05, 0.1) is 12.2 Å². The van der Waals surface area contributed by atoms with Crippen LogP contribution in [0.3, 0.4) is 0 Å². The Hall–Kier alpha value is 1.38. The van der Waals surface area contributed by atoms with Gasteiger partial charge in [-0.15, -0.1) is 0 Å². The van der Waals surface area contributed by atoms with E-state index in [0.717, 1.165) is 19.6 Å². The number of rotatable bonds is 7. The molecule has 0 aromatic heterocycles. The highest BCUT2D eigenvalue weighted by molar-refractivity contribution is 14.2. The lowest BCUT2D eigenvalue weighted by molar-refractivity contribution is -0.0530. The first-order valence-corrected chi connectivity index (χ1v) is 9.05. The minimum Gasteiger partial charge on any atom is -0.375 e. The van der Waals surface area contributed by atoms with E-state index in [-0.39, 0.29) is 18.0 Å². The Balaban J connectivity index is 4.37. The fourth-order valence-corrected chi connectivity index (χ4v) is 2.60. The van der Waals surface area contributed by atoms with Crippen molar-refractivity contribution < 1.29 is 4.74 Å². The molecule has 116 valence electrons. The lowest BCUT2D eigenvalue weighted by Crippen LogP contribution is -2.41. The summed E-state index contributed by atoms with van der Waals surface area (Å²) in [6, 6.07) is 0. The number of alkyl halides is 2. The van der Waals surface area contributed by atoms with Crippen LogP contribution in [0.25, 0.3) is 0 Å². The van der Waals surface area contributed by atoms with E-state index in [0.29, 0.717) is 0 Å². The lowest BCUT2D eigenvalue weighted by Gasteiger charge is -2.37. The van der Waals surface area contributed by atoms with E-state index in [1.807, 2.05) is 0 Å². The van der Waals surface area contributed by atoms with Gasteiger partial charge in [0.25, 0.3) is 0 Å². The SMILES string of the molecule is CC(C)(CNC(C)(I)I)CC(C)(C)COC(C)(C)C. The average Bonchev–Trinajstić information content (AvgIpc) is 2.09. The summed E-state index contributed by atoms with van der Waals surface area (Å²) in [6.07, 6.45) is 1.15. The van der Waals surface area contributed by atoms with Crippen LogP contribution in [0.5, 0.6) is 0 Å². The third kappa shape index (κ3) is 12.8. The second-order valence-corrected chi connectivity index (χ2v) is 14.5. The van der Waals surface area contributed by atoms with Gasteiger partial charge in [0.1, 0.15) is 1.55 Å². The Morgan fingerprint density at radius 2 is 1.32 bits per heavy atom. The van der Waals surface area contributed by atoms with Crippen LogP contribution in [-0.2, 0) is 4.74 Å². The van der Waals surface area contributed by atoms with Crippen LogP contribution in [0.4, 0.5) is 0 Å². The highest BCUT2D eigenvalue weighted by atomic mass is 127. The molecule has 0 rings (SSSR count). The smallest absolute Gasteiger partial charge is 0.120 e. The molecule has 0 fully saturated rings. The van der Waals surface area contributed by atoms with Crippen molar-refractivity contribution in [3.05, 3.63) is 0 Å². The zero-order valence-corrected chi connectivity index (χ0v) is 18.1. The van der Waals surface area contributed by atoms with Crippen molar-refractivity contribution in [2.75, 3.05) is 13.2 Å². The molecule has 4 heteroatoms. The predicted octanol–water partition coefficient (Wildman–Crippen LogP) is 5.38. The molecule has 0 aliphatic carbocycles. The maximum Gasteiger partial charge on any atom is 0.120 e. The maximum atomic E-state index is 5.96. The average molecular weight is 495 g/mol. The van der Waals surface area contributed by atoms with Crippen molar-refractivity contribution in [3.63, 3.8) is 0 Å². The van der Waals surface area contributed by atoms with E-state index in [1.54, 1.807) is 0 Å². The number of hydrogen-bond donors (Lipinski definition) is 1. The van der Waals surface area contributed by atoms with E-state index in [1.165, 1.54) is 0 Å². The Morgan fingerprint density at radius 1 is 0.842 bits per heavy atom. The first-order valence-electron chi connectivity index (χ1n) is 6.89. The quantitative estimate of drug-likeness (QED) is 0.291. The van der Waals surface area contributed by atoms with Gasteiger partial charge in [0.15, 0.2) is 0 Å². The van der Waals surface area contributed by atoms with Crippen molar-refractivity contribution in [1.82, 2.24) is 5.32 Å². The Morgan fingerprint density at radius 3 is 1.68 bits per heavy atom. The van der Waals surface area contributed by atoms with Gasteiger partial charge in [-0.05, 0) is 90.1 Å². The topological polar surface area (TPSA) is 21.3 Å². The Labute approximate surface area is 147 Å². The standard InChI is InChI=1S/C15H31I2NO/c1-12(2,3)19-11-14(6,7)9-13(4,5)10-18-15(8,16)17/h18H,9-11H2,1-8H3. The summed E-state index contributed by atoms with van der Waals surface area (Å²) in [5.74, 6) is 0. The molecule has 0 bridgehead atoms. The lowest BCUT2D eigenvalue weighted by atomic mass is 9.75. The largest absolute Gasteiger partial charge is 0.375 e. The molecule has 0 amide bonds. The third-order valence-electron chi connectivity index (χ3n) is 2.73. The predicted molar refractivity (Wildman–Crippen MR) is 102 cm³/mol. The summed E-state index contributed by atoms with van der Waals surface area (Å²) in [4.78, 5) is 0. The summed E-state index contributed by atoms with van der Waals surface area (Å²) in [5, 5.41) is 3.59. The van der Waals surface area contributed by atoms with E-state index in [4.69, 9.17) is 4.74 Å². The number of hydrogen-bond acceptors (Lipinski definition) is 2.